The lowest BCUT2D eigenvalue weighted by atomic mass is 9.93. The van der Waals surface area contributed by atoms with E-state index < -0.39 is 0 Å². The smallest absolute Gasteiger partial charge is 0.127 e. The topological polar surface area (TPSA) is 35.5 Å². The molecule has 1 aromatic carbocycles. The van der Waals surface area contributed by atoms with E-state index in [9.17, 15) is 4.39 Å². The van der Waals surface area contributed by atoms with E-state index in [1.54, 1.807) is 6.07 Å². The molecule has 3 nitrogen and oxygen atoms in total. The molecule has 2 unspecified atom stereocenters. The summed E-state index contributed by atoms with van der Waals surface area (Å²) >= 11 is 0. The van der Waals surface area contributed by atoms with Crippen molar-refractivity contribution in [1.82, 2.24) is 10.2 Å². The lowest BCUT2D eigenvalue weighted by molar-refractivity contribution is 0.166. The highest BCUT2D eigenvalue weighted by atomic mass is 19.1. The molecule has 4 heteroatoms. The van der Waals surface area contributed by atoms with Gasteiger partial charge in [0, 0.05) is 24.7 Å². The largest absolute Gasteiger partial charge is 0.395 e. The number of halogens is 1. The number of nitrogens with zero attached hydrogens (tertiary/aromatic N) is 1. The minimum atomic E-state index is -0.164. The van der Waals surface area contributed by atoms with Crippen molar-refractivity contribution in [2.24, 2.45) is 5.92 Å². The van der Waals surface area contributed by atoms with Gasteiger partial charge in [-0.25, -0.2) is 4.39 Å². The van der Waals surface area contributed by atoms with Crippen LogP contribution in [0, 0.1) is 11.7 Å². The number of aliphatic hydroxyl groups is 1. The van der Waals surface area contributed by atoms with Crippen LogP contribution < -0.4 is 5.32 Å². The summed E-state index contributed by atoms with van der Waals surface area (Å²) in [5, 5.41) is 12.3. The molecule has 0 spiro atoms. The maximum atomic E-state index is 13.9. The fraction of sp³-hybridized carbons (Fsp3) is 0.625. The molecule has 2 N–H and O–H groups in total. The average molecular weight is 282 g/mol. The van der Waals surface area contributed by atoms with Crippen molar-refractivity contribution < 1.29 is 9.50 Å². The van der Waals surface area contributed by atoms with Crippen LogP contribution in [-0.4, -0.2) is 43.3 Å². The van der Waals surface area contributed by atoms with Crippen LogP contribution in [0.3, 0.4) is 0 Å². The SMILES string of the molecule is CCCN(CCO)CC(C)C(NC)c1ccccc1F. The third-order valence-corrected chi connectivity index (χ3v) is 3.62. The summed E-state index contributed by atoms with van der Waals surface area (Å²) in [7, 11) is 1.86. The molecule has 0 saturated carbocycles. The quantitative estimate of drug-likeness (QED) is 0.730. The Morgan fingerprint density at radius 2 is 2.00 bits per heavy atom. The molecule has 0 radical (unpaired) electrons. The Hall–Kier alpha value is -0.970. The number of hydrogen-bond donors (Lipinski definition) is 2. The van der Waals surface area contributed by atoms with Crippen LogP contribution in [0.1, 0.15) is 31.9 Å². The molecule has 1 rings (SSSR count). The van der Waals surface area contributed by atoms with Crippen LogP contribution in [0.2, 0.25) is 0 Å². The molecule has 20 heavy (non-hydrogen) atoms. The lowest BCUT2D eigenvalue weighted by Crippen LogP contribution is -2.37. The molecule has 0 aromatic heterocycles. The summed E-state index contributed by atoms with van der Waals surface area (Å²) in [6.45, 7) is 6.88. The minimum absolute atomic E-state index is 0.0192. The monoisotopic (exact) mass is 282 g/mol. The van der Waals surface area contributed by atoms with Crippen LogP contribution in [0.15, 0.2) is 24.3 Å². The number of hydrogen-bond acceptors (Lipinski definition) is 3. The van der Waals surface area contributed by atoms with Crippen LogP contribution in [0.25, 0.3) is 0 Å². The van der Waals surface area contributed by atoms with Gasteiger partial charge in [-0.1, -0.05) is 32.0 Å². The van der Waals surface area contributed by atoms with Crippen LogP contribution in [-0.2, 0) is 0 Å². The van der Waals surface area contributed by atoms with Crippen molar-refractivity contribution >= 4 is 0 Å². The van der Waals surface area contributed by atoms with Gasteiger partial charge < -0.3 is 15.3 Å². The van der Waals surface area contributed by atoms with Crippen molar-refractivity contribution in [3.63, 3.8) is 0 Å². The zero-order chi connectivity index (χ0) is 15.0. The lowest BCUT2D eigenvalue weighted by Gasteiger charge is -2.30. The fourth-order valence-electron chi connectivity index (χ4n) is 2.74. The van der Waals surface area contributed by atoms with Gasteiger partial charge >= 0.3 is 0 Å². The molecule has 0 fully saturated rings. The van der Waals surface area contributed by atoms with Crippen molar-refractivity contribution in [1.29, 1.82) is 0 Å². The molecular formula is C16H27FN2O. The standard InChI is InChI=1S/C16H27FN2O/c1-4-9-19(10-11-20)12-13(2)16(18-3)14-7-5-6-8-15(14)17/h5-8,13,16,18,20H,4,9-12H2,1-3H3. The second kappa shape index (κ2) is 9.06. The number of nitrogens with one attached hydrogen (secondary N) is 1. The van der Waals surface area contributed by atoms with Gasteiger partial charge in [0.2, 0.25) is 0 Å². The predicted molar refractivity (Wildman–Crippen MR) is 81.2 cm³/mol. The van der Waals surface area contributed by atoms with Gasteiger partial charge in [0.05, 0.1) is 6.61 Å². The Morgan fingerprint density at radius 3 is 2.55 bits per heavy atom. The van der Waals surface area contributed by atoms with E-state index in [2.05, 4.69) is 24.1 Å². The summed E-state index contributed by atoms with van der Waals surface area (Å²) in [6, 6.07) is 6.90. The van der Waals surface area contributed by atoms with E-state index in [1.807, 2.05) is 19.2 Å². The number of aliphatic hydroxyl groups excluding tert-OH is 1. The first-order valence-corrected chi connectivity index (χ1v) is 7.38. The highest BCUT2D eigenvalue weighted by Crippen LogP contribution is 2.24. The summed E-state index contributed by atoms with van der Waals surface area (Å²) in [5.41, 5.74) is 0.711. The summed E-state index contributed by atoms with van der Waals surface area (Å²) in [6.07, 6.45) is 1.05. The average Bonchev–Trinajstić information content (AvgIpc) is 2.42. The molecule has 114 valence electrons. The summed E-state index contributed by atoms with van der Waals surface area (Å²) in [5.74, 6) is 0.0953. The minimum Gasteiger partial charge on any atom is -0.395 e. The predicted octanol–water partition coefficient (Wildman–Crippen LogP) is 2.43. The normalized spacial score (nSPS) is 14.5. The van der Waals surface area contributed by atoms with Crippen LogP contribution in [0.5, 0.6) is 0 Å². The molecule has 0 saturated heterocycles. The van der Waals surface area contributed by atoms with Gasteiger partial charge in [0.15, 0.2) is 0 Å². The molecule has 1 aromatic rings. The number of rotatable bonds is 9. The van der Waals surface area contributed by atoms with Gasteiger partial charge in [-0.05, 0) is 32.0 Å². The molecule has 0 bridgehead atoms. The van der Waals surface area contributed by atoms with E-state index in [4.69, 9.17) is 5.11 Å². The molecule has 0 aliphatic rings. The molecular weight excluding hydrogens is 255 g/mol. The van der Waals surface area contributed by atoms with Crippen molar-refractivity contribution in [3.8, 4) is 0 Å². The van der Waals surface area contributed by atoms with Gasteiger partial charge in [-0.2, -0.15) is 0 Å². The Balaban J connectivity index is 2.76. The maximum absolute atomic E-state index is 13.9. The first kappa shape index (κ1) is 17.1. The Morgan fingerprint density at radius 1 is 1.30 bits per heavy atom. The first-order valence-electron chi connectivity index (χ1n) is 7.38. The second-order valence-electron chi connectivity index (χ2n) is 5.29. The summed E-state index contributed by atoms with van der Waals surface area (Å²) in [4.78, 5) is 2.23. The van der Waals surface area contributed by atoms with Crippen molar-refractivity contribution in [3.05, 3.63) is 35.6 Å². The van der Waals surface area contributed by atoms with E-state index in [1.165, 1.54) is 6.07 Å². The Kier molecular flexibility index (Phi) is 7.73. The Bertz CT molecular complexity index is 380. The van der Waals surface area contributed by atoms with E-state index in [-0.39, 0.29) is 24.4 Å². The van der Waals surface area contributed by atoms with Gasteiger partial charge in [-0.3, -0.25) is 0 Å². The highest BCUT2D eigenvalue weighted by molar-refractivity contribution is 5.21. The molecule has 0 heterocycles. The first-order chi connectivity index (χ1) is 9.63. The van der Waals surface area contributed by atoms with Gasteiger partial charge in [0.1, 0.15) is 5.82 Å². The van der Waals surface area contributed by atoms with Crippen LogP contribution in [0.4, 0.5) is 4.39 Å². The number of benzene rings is 1. The van der Waals surface area contributed by atoms with Gasteiger partial charge in [-0.15, -0.1) is 0 Å². The zero-order valence-corrected chi connectivity index (χ0v) is 12.8. The maximum Gasteiger partial charge on any atom is 0.127 e. The second-order valence-corrected chi connectivity index (χ2v) is 5.29. The third kappa shape index (κ3) is 4.85. The van der Waals surface area contributed by atoms with E-state index in [0.717, 1.165) is 19.5 Å². The van der Waals surface area contributed by atoms with E-state index >= 15 is 0 Å². The summed E-state index contributed by atoms with van der Waals surface area (Å²) < 4.78 is 13.9. The molecule has 0 amide bonds. The molecule has 0 aliphatic carbocycles. The van der Waals surface area contributed by atoms with Crippen molar-refractivity contribution in [2.75, 3.05) is 33.3 Å². The highest BCUT2D eigenvalue weighted by Gasteiger charge is 2.22. The van der Waals surface area contributed by atoms with Crippen LogP contribution >= 0.6 is 0 Å². The zero-order valence-electron chi connectivity index (χ0n) is 12.8. The molecule has 2 atom stereocenters. The van der Waals surface area contributed by atoms with Gasteiger partial charge in [0.25, 0.3) is 0 Å². The Labute approximate surface area is 121 Å². The van der Waals surface area contributed by atoms with Crippen molar-refractivity contribution in [2.45, 2.75) is 26.3 Å². The fourth-order valence-corrected chi connectivity index (χ4v) is 2.74. The molecule has 0 aliphatic heterocycles. The third-order valence-electron chi connectivity index (χ3n) is 3.62. The van der Waals surface area contributed by atoms with E-state index in [0.29, 0.717) is 12.1 Å².